The van der Waals surface area contributed by atoms with Gasteiger partial charge in [-0.3, -0.25) is 0 Å². The van der Waals surface area contributed by atoms with Gasteiger partial charge in [0.15, 0.2) is 0 Å². The van der Waals surface area contributed by atoms with Crippen LogP contribution in [0.25, 0.3) is 0 Å². The molecular weight excluding hydrogens is 96.1 g/mol. The third-order valence-electron chi connectivity index (χ3n) is 1.56. The highest BCUT2D eigenvalue weighted by Crippen LogP contribution is 2.37. The smallest absolute Gasteiger partial charge is 0.0194 e. The average molecular weight is 110 g/mol. The van der Waals surface area contributed by atoms with Gasteiger partial charge in [-0.2, -0.15) is 0 Å². The fourth-order valence-electron chi connectivity index (χ4n) is 0.955. The standard InChI is InChI=1S/C8H14/c1-6(2)4-8-5-7(8)3/h4,6-7H,5H2,1-3H3. The molecule has 0 aromatic carbocycles. The molecule has 1 rings (SSSR count). The zero-order valence-corrected chi connectivity index (χ0v) is 5.94. The lowest BCUT2D eigenvalue weighted by atomic mass is 10.2. The molecule has 0 aliphatic heterocycles. The molecular formula is C8H14. The van der Waals surface area contributed by atoms with Crippen molar-refractivity contribution in [3.63, 3.8) is 0 Å². The molecule has 0 heterocycles. The summed E-state index contributed by atoms with van der Waals surface area (Å²) in [7, 11) is 0. The minimum atomic E-state index is 0.759. The molecule has 0 heteroatoms. The van der Waals surface area contributed by atoms with E-state index < -0.39 is 0 Å². The highest BCUT2D eigenvalue weighted by molar-refractivity contribution is 5.22. The number of allylic oxidation sites excluding steroid dienone is 2. The van der Waals surface area contributed by atoms with Crippen LogP contribution in [0.2, 0.25) is 0 Å². The molecule has 0 radical (unpaired) electrons. The predicted molar refractivity (Wildman–Crippen MR) is 36.7 cm³/mol. The maximum absolute atomic E-state index is 2.38. The summed E-state index contributed by atoms with van der Waals surface area (Å²) in [5.41, 5.74) is 1.67. The normalized spacial score (nSPS) is 32.0. The highest BCUT2D eigenvalue weighted by atomic mass is 14.3. The highest BCUT2D eigenvalue weighted by Gasteiger charge is 2.23. The van der Waals surface area contributed by atoms with Crippen molar-refractivity contribution in [1.82, 2.24) is 0 Å². The average Bonchev–Trinajstić information content (AvgIpc) is 2.17. The maximum Gasteiger partial charge on any atom is -0.0194 e. The summed E-state index contributed by atoms with van der Waals surface area (Å²) in [6.45, 7) is 6.75. The van der Waals surface area contributed by atoms with Crippen molar-refractivity contribution in [2.24, 2.45) is 11.8 Å². The Bertz CT molecular complexity index is 109. The van der Waals surface area contributed by atoms with Gasteiger partial charge in [-0.25, -0.2) is 0 Å². The van der Waals surface area contributed by atoms with E-state index in [2.05, 4.69) is 26.8 Å². The quantitative estimate of drug-likeness (QED) is 0.455. The van der Waals surface area contributed by atoms with Gasteiger partial charge in [0.05, 0.1) is 0 Å². The Morgan fingerprint density at radius 2 is 2.12 bits per heavy atom. The van der Waals surface area contributed by atoms with Crippen molar-refractivity contribution >= 4 is 0 Å². The summed E-state index contributed by atoms with van der Waals surface area (Å²) < 4.78 is 0. The minimum absolute atomic E-state index is 0.759. The van der Waals surface area contributed by atoms with Gasteiger partial charge in [0, 0.05) is 0 Å². The monoisotopic (exact) mass is 110 g/mol. The first-order chi connectivity index (χ1) is 3.70. The Morgan fingerprint density at radius 1 is 1.62 bits per heavy atom. The number of hydrogen-bond donors (Lipinski definition) is 0. The largest absolute Gasteiger partial charge is 0.0825 e. The molecule has 0 saturated heterocycles. The van der Waals surface area contributed by atoms with Crippen LogP contribution in [-0.4, -0.2) is 0 Å². The molecule has 1 aliphatic rings. The third-order valence-corrected chi connectivity index (χ3v) is 1.56. The molecule has 0 aromatic rings. The second kappa shape index (κ2) is 1.93. The Kier molecular flexibility index (Phi) is 1.41. The molecule has 8 heavy (non-hydrogen) atoms. The lowest BCUT2D eigenvalue weighted by molar-refractivity contribution is 0.825. The van der Waals surface area contributed by atoms with Crippen molar-refractivity contribution in [2.75, 3.05) is 0 Å². The van der Waals surface area contributed by atoms with Crippen LogP contribution in [-0.2, 0) is 0 Å². The van der Waals surface area contributed by atoms with E-state index in [1.54, 1.807) is 5.57 Å². The summed E-state index contributed by atoms with van der Waals surface area (Å²) in [5.74, 6) is 1.67. The Morgan fingerprint density at radius 3 is 2.25 bits per heavy atom. The van der Waals surface area contributed by atoms with E-state index >= 15 is 0 Å². The van der Waals surface area contributed by atoms with Crippen molar-refractivity contribution in [3.05, 3.63) is 11.6 Å². The van der Waals surface area contributed by atoms with Crippen LogP contribution in [0.3, 0.4) is 0 Å². The molecule has 0 aromatic heterocycles. The molecule has 1 unspecified atom stereocenters. The Balaban J connectivity index is 2.36. The molecule has 1 atom stereocenters. The van der Waals surface area contributed by atoms with Crippen LogP contribution in [0, 0.1) is 11.8 Å². The first kappa shape index (κ1) is 5.87. The fourth-order valence-corrected chi connectivity index (χ4v) is 0.955. The van der Waals surface area contributed by atoms with E-state index in [0.29, 0.717) is 0 Å². The van der Waals surface area contributed by atoms with Gasteiger partial charge in [0.25, 0.3) is 0 Å². The lowest BCUT2D eigenvalue weighted by Crippen LogP contribution is -1.75. The summed E-state index contributed by atoms with van der Waals surface area (Å²) in [6, 6.07) is 0. The second-order valence-corrected chi connectivity index (χ2v) is 3.09. The van der Waals surface area contributed by atoms with Crippen molar-refractivity contribution in [1.29, 1.82) is 0 Å². The van der Waals surface area contributed by atoms with Crippen molar-refractivity contribution in [2.45, 2.75) is 27.2 Å². The fraction of sp³-hybridized carbons (Fsp3) is 0.750. The van der Waals surface area contributed by atoms with E-state index in [9.17, 15) is 0 Å². The molecule has 1 saturated carbocycles. The van der Waals surface area contributed by atoms with E-state index in [-0.39, 0.29) is 0 Å². The van der Waals surface area contributed by atoms with E-state index in [0.717, 1.165) is 11.8 Å². The predicted octanol–water partition coefficient (Wildman–Crippen LogP) is 2.61. The van der Waals surface area contributed by atoms with Crippen molar-refractivity contribution in [3.8, 4) is 0 Å². The van der Waals surface area contributed by atoms with Crippen LogP contribution in [0.4, 0.5) is 0 Å². The van der Waals surface area contributed by atoms with E-state index in [4.69, 9.17) is 0 Å². The Hall–Kier alpha value is -0.260. The van der Waals surface area contributed by atoms with E-state index in [1.165, 1.54) is 6.42 Å². The summed E-state index contributed by atoms with van der Waals surface area (Å²) in [5, 5.41) is 0. The van der Waals surface area contributed by atoms with Crippen LogP contribution < -0.4 is 0 Å². The number of hydrogen-bond acceptors (Lipinski definition) is 0. The molecule has 0 amide bonds. The number of rotatable bonds is 1. The van der Waals surface area contributed by atoms with Gasteiger partial charge < -0.3 is 0 Å². The van der Waals surface area contributed by atoms with E-state index in [1.807, 2.05) is 0 Å². The third kappa shape index (κ3) is 1.36. The first-order valence-corrected chi connectivity index (χ1v) is 3.40. The molecule has 1 aliphatic carbocycles. The second-order valence-electron chi connectivity index (χ2n) is 3.09. The van der Waals surface area contributed by atoms with Crippen LogP contribution in [0.15, 0.2) is 11.6 Å². The maximum atomic E-state index is 2.38. The van der Waals surface area contributed by atoms with Gasteiger partial charge in [-0.1, -0.05) is 32.4 Å². The van der Waals surface area contributed by atoms with Gasteiger partial charge >= 0.3 is 0 Å². The van der Waals surface area contributed by atoms with Gasteiger partial charge in [-0.15, -0.1) is 0 Å². The van der Waals surface area contributed by atoms with Crippen LogP contribution >= 0.6 is 0 Å². The van der Waals surface area contributed by atoms with Crippen LogP contribution in [0.1, 0.15) is 27.2 Å². The van der Waals surface area contributed by atoms with Gasteiger partial charge in [0.1, 0.15) is 0 Å². The molecule has 0 spiro atoms. The zero-order valence-electron chi connectivity index (χ0n) is 5.94. The van der Waals surface area contributed by atoms with Crippen LogP contribution in [0.5, 0.6) is 0 Å². The Labute approximate surface area is 51.6 Å². The van der Waals surface area contributed by atoms with Crippen molar-refractivity contribution < 1.29 is 0 Å². The lowest BCUT2D eigenvalue weighted by Gasteiger charge is -1.89. The SMILES string of the molecule is CC(C)C=C1CC1C. The first-order valence-electron chi connectivity index (χ1n) is 3.40. The zero-order chi connectivity index (χ0) is 6.15. The van der Waals surface area contributed by atoms with Gasteiger partial charge in [-0.05, 0) is 18.3 Å². The molecule has 0 bridgehead atoms. The molecule has 46 valence electrons. The topological polar surface area (TPSA) is 0 Å². The molecule has 1 fully saturated rings. The summed E-state index contributed by atoms with van der Waals surface area (Å²) in [4.78, 5) is 0. The summed E-state index contributed by atoms with van der Waals surface area (Å²) in [6.07, 6.45) is 3.74. The van der Waals surface area contributed by atoms with Gasteiger partial charge in [0.2, 0.25) is 0 Å². The minimum Gasteiger partial charge on any atom is -0.0825 e. The molecule has 0 nitrogen and oxygen atoms in total. The summed E-state index contributed by atoms with van der Waals surface area (Å²) >= 11 is 0. The molecule has 0 N–H and O–H groups in total.